The van der Waals surface area contributed by atoms with Crippen LogP contribution < -0.4 is 10.1 Å². The molecule has 2 heterocycles. The van der Waals surface area contributed by atoms with Gasteiger partial charge in [-0.05, 0) is 62.4 Å². The lowest BCUT2D eigenvalue weighted by Crippen LogP contribution is -2.41. The smallest absolute Gasteiger partial charge is 0.241 e. The Bertz CT molecular complexity index is 699. The van der Waals surface area contributed by atoms with Gasteiger partial charge in [-0.15, -0.1) is 11.3 Å². The van der Waals surface area contributed by atoms with Crippen molar-refractivity contribution >= 4 is 22.9 Å². The van der Waals surface area contributed by atoms with E-state index in [2.05, 4.69) is 27.7 Å². The van der Waals surface area contributed by atoms with E-state index in [9.17, 15) is 4.79 Å². The topological polar surface area (TPSA) is 41.6 Å². The number of hydrogen-bond donors (Lipinski definition) is 1. The van der Waals surface area contributed by atoms with Crippen LogP contribution in [0.1, 0.15) is 36.2 Å². The largest absolute Gasteiger partial charge is 0.495 e. The van der Waals surface area contributed by atoms with Crippen LogP contribution >= 0.6 is 11.3 Å². The number of methoxy groups -OCH3 is 1. The number of aryl methyl sites for hydroxylation is 1. The molecule has 0 saturated carbocycles. The number of rotatable bonds is 5. The van der Waals surface area contributed by atoms with E-state index in [4.69, 9.17) is 4.74 Å². The first-order valence-corrected chi connectivity index (χ1v) is 9.22. The predicted molar refractivity (Wildman–Crippen MR) is 98.8 cm³/mol. The van der Waals surface area contributed by atoms with E-state index < -0.39 is 0 Å². The van der Waals surface area contributed by atoms with Crippen LogP contribution in [0.15, 0.2) is 35.7 Å². The third-order valence-corrected chi connectivity index (χ3v) is 5.63. The first-order valence-electron chi connectivity index (χ1n) is 8.35. The Labute approximate surface area is 147 Å². The summed E-state index contributed by atoms with van der Waals surface area (Å²) in [5.74, 6) is 0.708. The number of ether oxygens (including phenoxy) is 1. The summed E-state index contributed by atoms with van der Waals surface area (Å²) in [6, 6.07) is 10.2. The van der Waals surface area contributed by atoms with Gasteiger partial charge in [-0.2, -0.15) is 0 Å². The van der Waals surface area contributed by atoms with Crippen molar-refractivity contribution in [2.24, 2.45) is 0 Å². The van der Waals surface area contributed by atoms with Crippen molar-refractivity contribution in [2.45, 2.75) is 38.8 Å². The molecule has 2 aromatic rings. The van der Waals surface area contributed by atoms with E-state index in [1.54, 1.807) is 18.4 Å². The normalized spacial score (nSPS) is 19.2. The summed E-state index contributed by atoms with van der Waals surface area (Å²) in [5, 5.41) is 5.15. The lowest BCUT2D eigenvalue weighted by Gasteiger charge is -2.29. The highest BCUT2D eigenvalue weighted by Gasteiger charge is 2.33. The molecule has 1 aromatic carbocycles. The first-order chi connectivity index (χ1) is 11.6. The van der Waals surface area contributed by atoms with Crippen molar-refractivity contribution in [3.63, 3.8) is 0 Å². The Morgan fingerprint density at radius 2 is 2.25 bits per heavy atom. The highest BCUT2D eigenvalue weighted by Crippen LogP contribution is 2.36. The minimum Gasteiger partial charge on any atom is -0.495 e. The van der Waals surface area contributed by atoms with Crippen LogP contribution in [-0.2, 0) is 4.79 Å². The molecule has 4 nitrogen and oxygen atoms in total. The van der Waals surface area contributed by atoms with Crippen molar-refractivity contribution in [2.75, 3.05) is 19.0 Å². The summed E-state index contributed by atoms with van der Waals surface area (Å²) in [4.78, 5) is 16.4. The van der Waals surface area contributed by atoms with Crippen molar-refractivity contribution < 1.29 is 9.53 Å². The van der Waals surface area contributed by atoms with Gasteiger partial charge in [0.25, 0.3) is 0 Å². The predicted octanol–water partition coefficient (Wildman–Crippen LogP) is 4.23. The maximum Gasteiger partial charge on any atom is 0.241 e. The fourth-order valence-corrected chi connectivity index (χ4v) is 4.23. The average molecular weight is 344 g/mol. The molecule has 0 unspecified atom stereocenters. The van der Waals surface area contributed by atoms with Gasteiger partial charge in [-0.3, -0.25) is 9.69 Å². The maximum atomic E-state index is 12.8. The van der Waals surface area contributed by atoms with E-state index in [-0.39, 0.29) is 11.9 Å². The Hall–Kier alpha value is -1.85. The molecule has 1 amide bonds. The fourth-order valence-electron chi connectivity index (χ4n) is 3.35. The van der Waals surface area contributed by atoms with Gasteiger partial charge in [-0.1, -0.05) is 12.1 Å². The molecule has 0 aliphatic carbocycles. The van der Waals surface area contributed by atoms with Crippen LogP contribution in [0, 0.1) is 6.92 Å². The van der Waals surface area contributed by atoms with Crippen LogP contribution in [0.4, 0.5) is 5.69 Å². The van der Waals surface area contributed by atoms with Gasteiger partial charge in [0.15, 0.2) is 0 Å². The molecule has 128 valence electrons. The molecule has 1 saturated heterocycles. The lowest BCUT2D eigenvalue weighted by molar-refractivity contribution is -0.121. The highest BCUT2D eigenvalue weighted by molar-refractivity contribution is 7.10. The summed E-state index contributed by atoms with van der Waals surface area (Å²) in [6.45, 7) is 4.96. The molecule has 3 rings (SSSR count). The molecule has 1 N–H and O–H groups in total. The van der Waals surface area contributed by atoms with Crippen LogP contribution in [-0.4, -0.2) is 30.5 Å². The minimum absolute atomic E-state index is 0.0161. The van der Waals surface area contributed by atoms with E-state index in [0.717, 1.165) is 30.6 Å². The van der Waals surface area contributed by atoms with E-state index in [0.29, 0.717) is 11.8 Å². The average Bonchev–Trinajstić information content (AvgIpc) is 3.25. The quantitative estimate of drug-likeness (QED) is 0.882. The second-order valence-electron chi connectivity index (χ2n) is 6.28. The van der Waals surface area contributed by atoms with Gasteiger partial charge in [0.05, 0.1) is 18.8 Å². The second-order valence-corrected chi connectivity index (χ2v) is 7.26. The zero-order valence-electron chi connectivity index (χ0n) is 14.4. The third kappa shape index (κ3) is 3.47. The van der Waals surface area contributed by atoms with E-state index in [1.807, 2.05) is 32.0 Å². The van der Waals surface area contributed by atoms with Gasteiger partial charge in [0.1, 0.15) is 5.75 Å². The molecule has 1 aliphatic heterocycles. The molecular weight excluding hydrogens is 320 g/mol. The van der Waals surface area contributed by atoms with E-state index >= 15 is 0 Å². The van der Waals surface area contributed by atoms with Crippen LogP contribution in [0.3, 0.4) is 0 Å². The molecule has 0 spiro atoms. The summed E-state index contributed by atoms with van der Waals surface area (Å²) in [7, 11) is 1.62. The Morgan fingerprint density at radius 1 is 1.42 bits per heavy atom. The molecule has 0 radical (unpaired) electrons. The third-order valence-electron chi connectivity index (χ3n) is 4.66. The number of amides is 1. The van der Waals surface area contributed by atoms with Crippen molar-refractivity contribution in [1.29, 1.82) is 0 Å². The van der Waals surface area contributed by atoms with Crippen LogP contribution in [0.2, 0.25) is 0 Å². The SMILES string of the molecule is COc1ccc(C)cc1NC(=O)[C@@H](C)N1CCC[C@H]1c1cccs1. The maximum absolute atomic E-state index is 12.8. The molecule has 5 heteroatoms. The van der Waals surface area contributed by atoms with Crippen molar-refractivity contribution in [3.8, 4) is 5.75 Å². The van der Waals surface area contributed by atoms with Crippen molar-refractivity contribution in [3.05, 3.63) is 46.2 Å². The number of carbonyl (C=O) groups excluding carboxylic acids is 1. The lowest BCUT2D eigenvalue weighted by atomic mass is 10.1. The van der Waals surface area contributed by atoms with E-state index in [1.165, 1.54) is 4.88 Å². The molecular formula is C19H24N2O2S. The fraction of sp³-hybridized carbons (Fsp3) is 0.421. The highest BCUT2D eigenvalue weighted by atomic mass is 32.1. The minimum atomic E-state index is -0.176. The summed E-state index contributed by atoms with van der Waals surface area (Å²) in [5.41, 5.74) is 1.83. The number of nitrogens with one attached hydrogen (secondary N) is 1. The van der Waals surface area contributed by atoms with Gasteiger partial charge < -0.3 is 10.1 Å². The van der Waals surface area contributed by atoms with Gasteiger partial charge in [0, 0.05) is 10.9 Å². The Morgan fingerprint density at radius 3 is 2.96 bits per heavy atom. The molecule has 1 aromatic heterocycles. The van der Waals surface area contributed by atoms with Crippen molar-refractivity contribution in [1.82, 2.24) is 4.90 Å². The van der Waals surface area contributed by atoms with Crippen LogP contribution in [0.5, 0.6) is 5.75 Å². The molecule has 1 aliphatic rings. The standard InChI is InChI=1S/C19H24N2O2S/c1-13-8-9-17(23-3)15(12-13)20-19(22)14(2)21-10-4-6-16(21)18-7-5-11-24-18/h5,7-9,11-12,14,16H,4,6,10H2,1-3H3,(H,20,22)/t14-,16+/m1/s1. The molecule has 0 bridgehead atoms. The zero-order chi connectivity index (χ0) is 17.1. The number of nitrogens with zero attached hydrogens (tertiary/aromatic N) is 1. The molecule has 2 atom stereocenters. The monoisotopic (exact) mass is 344 g/mol. The number of hydrogen-bond acceptors (Lipinski definition) is 4. The molecule has 24 heavy (non-hydrogen) atoms. The number of likely N-dealkylation sites (tertiary alicyclic amines) is 1. The van der Waals surface area contributed by atoms with Gasteiger partial charge >= 0.3 is 0 Å². The number of thiophene rings is 1. The molecule has 1 fully saturated rings. The summed E-state index contributed by atoms with van der Waals surface area (Å²) in [6.07, 6.45) is 2.25. The summed E-state index contributed by atoms with van der Waals surface area (Å²) < 4.78 is 5.36. The van der Waals surface area contributed by atoms with Gasteiger partial charge in [0.2, 0.25) is 5.91 Å². The van der Waals surface area contributed by atoms with Crippen LogP contribution in [0.25, 0.3) is 0 Å². The number of anilines is 1. The summed E-state index contributed by atoms with van der Waals surface area (Å²) >= 11 is 1.77. The Balaban J connectivity index is 1.74. The van der Waals surface area contributed by atoms with Gasteiger partial charge in [-0.25, -0.2) is 0 Å². The first kappa shape index (κ1) is 17.0. The zero-order valence-corrected chi connectivity index (χ0v) is 15.2. The number of benzene rings is 1. The Kier molecular flexibility index (Phi) is 5.21. The number of carbonyl (C=O) groups is 1. The second kappa shape index (κ2) is 7.36.